The Kier molecular flexibility index (Phi) is 8.86. The molecule has 8 nitrogen and oxygen atoms in total. The van der Waals surface area contributed by atoms with Crippen LogP contribution in [0.5, 0.6) is 11.5 Å². The Balaban J connectivity index is 0.00000342. The number of benzene rings is 1. The van der Waals surface area contributed by atoms with Gasteiger partial charge in [0.25, 0.3) is 5.56 Å². The van der Waals surface area contributed by atoms with Gasteiger partial charge in [0.05, 0.1) is 5.69 Å². The topological polar surface area (TPSA) is 117 Å². The van der Waals surface area contributed by atoms with Gasteiger partial charge in [-0.25, -0.2) is 4.79 Å². The standard InChI is InChI=1S/C26H33N3O5.ClH/c1-3-4-5-6-7-11-27-15-18-12-17-13-20-16(14-21(17)29(18)2)9-8-10-19-22(20)28-25(31)24(23(19)30)34-26(32)33;/h12-14,27H,3-11,15H2,1-2H3,(H,32,33)(H2,28,30,31);1H. The highest BCUT2D eigenvalue weighted by atomic mass is 35.5. The van der Waals surface area contributed by atoms with Crippen molar-refractivity contribution < 1.29 is 19.7 Å². The van der Waals surface area contributed by atoms with Gasteiger partial charge in [0, 0.05) is 41.3 Å². The van der Waals surface area contributed by atoms with Gasteiger partial charge in [-0.15, -0.1) is 12.4 Å². The molecule has 0 fully saturated rings. The molecule has 2 heterocycles. The minimum Gasteiger partial charge on any atom is -0.504 e. The molecule has 0 radical (unpaired) electrons. The molecule has 4 N–H and O–H groups in total. The molecule has 9 heteroatoms. The summed E-state index contributed by atoms with van der Waals surface area (Å²) in [6.45, 7) is 4.01. The fourth-order valence-corrected chi connectivity index (χ4v) is 4.88. The molecule has 0 saturated carbocycles. The predicted molar refractivity (Wildman–Crippen MR) is 139 cm³/mol. The van der Waals surface area contributed by atoms with E-state index in [4.69, 9.17) is 5.11 Å². The summed E-state index contributed by atoms with van der Waals surface area (Å²) < 4.78 is 6.75. The monoisotopic (exact) mass is 503 g/mol. The third-order valence-corrected chi connectivity index (χ3v) is 6.71. The van der Waals surface area contributed by atoms with Crippen LogP contribution < -0.4 is 15.6 Å². The number of aryl methyl sites for hydroxylation is 2. The zero-order valence-corrected chi connectivity index (χ0v) is 21.1. The number of aromatic hydroxyl groups is 1. The maximum absolute atomic E-state index is 12.5. The molecule has 3 aromatic rings. The van der Waals surface area contributed by atoms with Crippen molar-refractivity contribution >= 4 is 29.5 Å². The summed E-state index contributed by atoms with van der Waals surface area (Å²) in [4.78, 5) is 26.2. The second-order valence-corrected chi connectivity index (χ2v) is 9.06. The molecular weight excluding hydrogens is 470 g/mol. The van der Waals surface area contributed by atoms with Crippen LogP contribution >= 0.6 is 12.4 Å². The number of unbranched alkanes of at least 4 members (excludes halogenated alkanes) is 4. The van der Waals surface area contributed by atoms with Crippen LogP contribution in [0.2, 0.25) is 0 Å². The van der Waals surface area contributed by atoms with Gasteiger partial charge in [-0.1, -0.05) is 32.6 Å². The van der Waals surface area contributed by atoms with E-state index in [1.54, 1.807) is 0 Å². The van der Waals surface area contributed by atoms with Crippen LogP contribution in [-0.4, -0.2) is 32.5 Å². The van der Waals surface area contributed by atoms with Crippen LogP contribution in [0.15, 0.2) is 23.0 Å². The van der Waals surface area contributed by atoms with Gasteiger partial charge in [0.2, 0.25) is 5.75 Å². The number of carbonyl (C=O) groups is 1. The van der Waals surface area contributed by atoms with Gasteiger partial charge >= 0.3 is 6.16 Å². The van der Waals surface area contributed by atoms with E-state index in [0.29, 0.717) is 17.7 Å². The molecule has 0 atom stereocenters. The number of aromatic nitrogens is 2. The lowest BCUT2D eigenvalue weighted by Crippen LogP contribution is -2.17. The molecule has 0 unspecified atom stereocenters. The number of nitrogens with one attached hydrogen (secondary N) is 2. The third kappa shape index (κ3) is 5.65. The van der Waals surface area contributed by atoms with E-state index in [2.05, 4.69) is 51.8 Å². The van der Waals surface area contributed by atoms with Crippen molar-refractivity contribution in [3.05, 3.63) is 45.4 Å². The van der Waals surface area contributed by atoms with E-state index in [9.17, 15) is 14.7 Å². The average molecular weight is 504 g/mol. The van der Waals surface area contributed by atoms with Crippen LogP contribution in [0.4, 0.5) is 4.79 Å². The van der Waals surface area contributed by atoms with Crippen molar-refractivity contribution in [2.75, 3.05) is 6.54 Å². The number of hydrogen-bond acceptors (Lipinski definition) is 5. The van der Waals surface area contributed by atoms with E-state index >= 15 is 0 Å². The maximum atomic E-state index is 12.5. The van der Waals surface area contributed by atoms with Crippen molar-refractivity contribution in [3.63, 3.8) is 0 Å². The molecule has 1 aliphatic carbocycles. The lowest BCUT2D eigenvalue weighted by atomic mass is 9.99. The molecule has 1 aromatic carbocycles. The molecule has 0 aliphatic heterocycles. The summed E-state index contributed by atoms with van der Waals surface area (Å²) >= 11 is 0. The van der Waals surface area contributed by atoms with Crippen molar-refractivity contribution in [1.82, 2.24) is 14.9 Å². The van der Waals surface area contributed by atoms with Gasteiger partial charge in [-0.3, -0.25) is 4.79 Å². The molecule has 0 spiro atoms. The number of pyridine rings is 1. The number of rotatable bonds is 9. The van der Waals surface area contributed by atoms with E-state index < -0.39 is 23.2 Å². The summed E-state index contributed by atoms with van der Waals surface area (Å²) in [5, 5.41) is 24.2. The van der Waals surface area contributed by atoms with Crippen LogP contribution in [0.1, 0.15) is 62.3 Å². The molecule has 0 bridgehead atoms. The first-order valence-electron chi connectivity index (χ1n) is 12.1. The van der Waals surface area contributed by atoms with Gasteiger partial charge < -0.3 is 29.8 Å². The quantitative estimate of drug-likeness (QED) is 0.233. The van der Waals surface area contributed by atoms with E-state index in [-0.39, 0.29) is 12.4 Å². The Hall–Kier alpha value is -2.97. The Bertz CT molecular complexity index is 1260. The first-order valence-corrected chi connectivity index (χ1v) is 12.1. The number of aromatic amines is 1. The highest BCUT2D eigenvalue weighted by Gasteiger charge is 2.25. The smallest absolute Gasteiger partial charge is 0.504 e. The number of hydrogen-bond donors (Lipinski definition) is 4. The first kappa shape index (κ1) is 26.6. The number of fused-ring (bicyclic) bond motifs is 4. The van der Waals surface area contributed by atoms with E-state index in [1.807, 2.05) is 0 Å². The second-order valence-electron chi connectivity index (χ2n) is 9.06. The number of ether oxygens (including phenoxy) is 1. The molecule has 190 valence electrons. The summed E-state index contributed by atoms with van der Waals surface area (Å²) in [6, 6.07) is 6.37. The Labute approximate surface area is 210 Å². The van der Waals surface area contributed by atoms with Crippen LogP contribution in [0.25, 0.3) is 22.2 Å². The number of H-pyrrole nitrogens is 1. The molecule has 2 aromatic heterocycles. The van der Waals surface area contributed by atoms with Crippen LogP contribution in [0.3, 0.4) is 0 Å². The molecular formula is C26H34ClN3O5. The molecule has 0 saturated heterocycles. The Morgan fingerprint density at radius 1 is 1.17 bits per heavy atom. The fraction of sp³-hybridized carbons (Fsp3) is 0.462. The lowest BCUT2D eigenvalue weighted by Gasteiger charge is -2.13. The summed E-state index contributed by atoms with van der Waals surface area (Å²) in [7, 11) is 2.07. The van der Waals surface area contributed by atoms with Crippen LogP contribution in [-0.2, 0) is 26.4 Å². The van der Waals surface area contributed by atoms with Crippen molar-refractivity contribution in [3.8, 4) is 22.8 Å². The molecule has 0 amide bonds. The first-order chi connectivity index (χ1) is 16.4. The van der Waals surface area contributed by atoms with E-state index in [0.717, 1.165) is 48.0 Å². The molecule has 4 rings (SSSR count). The maximum Gasteiger partial charge on any atom is 0.511 e. The normalized spacial score (nSPS) is 12.5. The largest absolute Gasteiger partial charge is 0.511 e. The zero-order valence-electron chi connectivity index (χ0n) is 20.3. The van der Waals surface area contributed by atoms with Crippen molar-refractivity contribution in [2.24, 2.45) is 7.05 Å². The second kappa shape index (κ2) is 11.6. The summed E-state index contributed by atoms with van der Waals surface area (Å²) in [5.41, 5.74) is 4.54. The van der Waals surface area contributed by atoms with Gasteiger partial charge in [0.15, 0.2) is 5.75 Å². The summed E-state index contributed by atoms with van der Waals surface area (Å²) in [6.07, 6.45) is 6.69. The van der Waals surface area contributed by atoms with Gasteiger partial charge in [-0.05, 0) is 56.0 Å². The van der Waals surface area contributed by atoms with Crippen molar-refractivity contribution in [2.45, 2.75) is 64.8 Å². The number of carboxylic acid groups (broad SMARTS) is 1. The fourth-order valence-electron chi connectivity index (χ4n) is 4.88. The zero-order chi connectivity index (χ0) is 24.2. The lowest BCUT2D eigenvalue weighted by molar-refractivity contribution is 0.142. The Morgan fingerprint density at radius 2 is 1.94 bits per heavy atom. The predicted octanol–water partition coefficient (Wildman–Crippen LogP) is 5.27. The Morgan fingerprint density at radius 3 is 2.69 bits per heavy atom. The molecule has 1 aliphatic rings. The minimum absolute atomic E-state index is 0. The highest BCUT2D eigenvalue weighted by Crippen LogP contribution is 2.40. The summed E-state index contributed by atoms with van der Waals surface area (Å²) in [5.74, 6) is -0.968. The minimum atomic E-state index is -1.64. The van der Waals surface area contributed by atoms with Crippen molar-refractivity contribution in [1.29, 1.82) is 0 Å². The van der Waals surface area contributed by atoms with Gasteiger partial charge in [0.1, 0.15) is 0 Å². The van der Waals surface area contributed by atoms with E-state index in [1.165, 1.54) is 37.8 Å². The number of halogens is 1. The number of nitrogens with zero attached hydrogens (tertiary/aromatic N) is 1. The van der Waals surface area contributed by atoms with Gasteiger partial charge in [-0.2, -0.15) is 0 Å². The SMILES string of the molecule is CCCCCCCNCc1cc2cc3c(cc2n1C)CCCc1c-3[nH]c(=O)c(OC(=O)O)c1O.Cl. The highest BCUT2D eigenvalue weighted by molar-refractivity contribution is 5.89. The molecule has 35 heavy (non-hydrogen) atoms. The van der Waals surface area contributed by atoms with Crippen LogP contribution in [0, 0.1) is 0 Å². The third-order valence-electron chi connectivity index (χ3n) is 6.71. The average Bonchev–Trinajstić information content (AvgIpc) is 2.99.